The minimum atomic E-state index is -1.10. The Labute approximate surface area is 159 Å². The number of thiazole rings is 1. The molecule has 0 bridgehead atoms. The molecule has 1 N–H and O–H groups in total. The van der Waals surface area contributed by atoms with Crippen LogP contribution in [0.2, 0.25) is 0 Å². The third-order valence-corrected chi connectivity index (χ3v) is 5.22. The fourth-order valence-electron chi connectivity index (χ4n) is 2.84. The number of rotatable bonds is 4. The van der Waals surface area contributed by atoms with Crippen LogP contribution in [0.1, 0.15) is 34.7 Å². The first-order valence-corrected chi connectivity index (χ1v) is 9.48. The van der Waals surface area contributed by atoms with Gasteiger partial charge in [0.2, 0.25) is 0 Å². The van der Waals surface area contributed by atoms with Crippen LogP contribution in [0.25, 0.3) is 0 Å². The van der Waals surface area contributed by atoms with Crippen LogP contribution in [0.5, 0.6) is 0 Å². The molecular formula is C18H20F2N4O2S. The van der Waals surface area contributed by atoms with Crippen molar-refractivity contribution in [3.63, 3.8) is 0 Å². The number of benzene rings is 1. The minimum absolute atomic E-state index is 0.0261. The topological polar surface area (TPSA) is 65.5 Å². The number of carbonyl (C=O) groups excluding carboxylic acids is 2. The lowest BCUT2D eigenvalue weighted by atomic mass is 10.2. The number of carbonyl (C=O) groups is 2. The molecule has 2 aromatic rings. The summed E-state index contributed by atoms with van der Waals surface area (Å²) in [5.74, 6) is -2.92. The van der Waals surface area contributed by atoms with Crippen LogP contribution in [-0.4, -0.2) is 58.8 Å². The average Bonchev–Trinajstić information content (AvgIpc) is 3.11. The van der Waals surface area contributed by atoms with Crippen molar-refractivity contribution in [3.05, 3.63) is 46.5 Å². The Balaban J connectivity index is 1.62. The number of hydrogen-bond donors (Lipinski definition) is 1. The van der Waals surface area contributed by atoms with Crippen LogP contribution < -0.4 is 5.32 Å². The number of anilines is 1. The predicted octanol–water partition coefficient (Wildman–Crippen LogP) is 2.84. The van der Waals surface area contributed by atoms with E-state index in [9.17, 15) is 18.4 Å². The van der Waals surface area contributed by atoms with Crippen molar-refractivity contribution in [1.29, 1.82) is 0 Å². The number of piperazine rings is 1. The number of hydrogen-bond acceptors (Lipinski definition) is 5. The van der Waals surface area contributed by atoms with Crippen LogP contribution in [0, 0.1) is 11.6 Å². The zero-order valence-electron chi connectivity index (χ0n) is 15.0. The molecular weight excluding hydrogens is 374 g/mol. The first-order chi connectivity index (χ1) is 12.8. The van der Waals surface area contributed by atoms with Crippen molar-refractivity contribution in [2.45, 2.75) is 19.9 Å². The van der Waals surface area contributed by atoms with E-state index >= 15 is 0 Å². The average molecular weight is 394 g/mol. The number of nitrogens with zero attached hydrogens (tertiary/aromatic N) is 3. The first kappa shape index (κ1) is 19.4. The van der Waals surface area contributed by atoms with Gasteiger partial charge in [-0.05, 0) is 32.0 Å². The molecule has 0 aliphatic carbocycles. The molecule has 1 fully saturated rings. The van der Waals surface area contributed by atoms with Crippen molar-refractivity contribution >= 4 is 28.3 Å². The van der Waals surface area contributed by atoms with Gasteiger partial charge in [0.25, 0.3) is 11.8 Å². The summed E-state index contributed by atoms with van der Waals surface area (Å²) in [7, 11) is 0. The minimum Gasteiger partial charge on any atom is -0.335 e. The molecule has 0 saturated carbocycles. The number of amides is 2. The van der Waals surface area contributed by atoms with E-state index in [0.717, 1.165) is 36.6 Å². The summed E-state index contributed by atoms with van der Waals surface area (Å²) >= 11 is 1.11. The van der Waals surface area contributed by atoms with Crippen molar-refractivity contribution in [1.82, 2.24) is 14.8 Å². The summed E-state index contributed by atoms with van der Waals surface area (Å²) in [6, 6.07) is 3.33. The molecule has 1 aromatic carbocycles. The van der Waals surface area contributed by atoms with Gasteiger partial charge in [0.15, 0.2) is 16.8 Å². The molecule has 2 amide bonds. The van der Waals surface area contributed by atoms with Gasteiger partial charge in [0.1, 0.15) is 5.69 Å². The third kappa shape index (κ3) is 4.48. The van der Waals surface area contributed by atoms with Gasteiger partial charge >= 0.3 is 0 Å². The molecule has 1 aliphatic rings. The third-order valence-electron chi connectivity index (χ3n) is 4.46. The molecule has 0 unspecified atom stereocenters. The summed E-state index contributed by atoms with van der Waals surface area (Å²) in [5, 5.41) is 4.32. The van der Waals surface area contributed by atoms with E-state index < -0.39 is 17.5 Å². The molecule has 1 aromatic heterocycles. The molecule has 1 aliphatic heterocycles. The largest absolute Gasteiger partial charge is 0.335 e. The monoisotopic (exact) mass is 394 g/mol. The SMILES string of the molecule is CC(C)N1CCN(C(=O)c2csc(NC(=O)c3ccc(F)c(F)c3)n2)CC1. The maximum Gasteiger partial charge on any atom is 0.273 e. The summed E-state index contributed by atoms with van der Waals surface area (Å²) < 4.78 is 26.2. The van der Waals surface area contributed by atoms with Crippen molar-refractivity contribution in [2.24, 2.45) is 0 Å². The van der Waals surface area contributed by atoms with Gasteiger partial charge < -0.3 is 4.90 Å². The van der Waals surface area contributed by atoms with Gasteiger partial charge in [0, 0.05) is 43.2 Å². The molecule has 2 heterocycles. The second kappa shape index (κ2) is 8.10. The second-order valence-electron chi connectivity index (χ2n) is 6.54. The van der Waals surface area contributed by atoms with Crippen molar-refractivity contribution < 1.29 is 18.4 Å². The molecule has 3 rings (SSSR count). The van der Waals surface area contributed by atoms with Gasteiger partial charge in [0.05, 0.1) is 0 Å². The van der Waals surface area contributed by atoms with Gasteiger partial charge in [-0.1, -0.05) is 0 Å². The second-order valence-corrected chi connectivity index (χ2v) is 7.40. The van der Waals surface area contributed by atoms with E-state index in [1.165, 1.54) is 6.07 Å². The van der Waals surface area contributed by atoms with E-state index in [-0.39, 0.29) is 22.3 Å². The lowest BCUT2D eigenvalue weighted by Gasteiger charge is -2.36. The van der Waals surface area contributed by atoms with E-state index in [1.54, 1.807) is 10.3 Å². The van der Waals surface area contributed by atoms with Crippen LogP contribution in [-0.2, 0) is 0 Å². The highest BCUT2D eigenvalue weighted by Gasteiger charge is 2.25. The Hall–Kier alpha value is -2.39. The summed E-state index contributed by atoms with van der Waals surface area (Å²) in [5.41, 5.74) is 0.236. The standard InChI is InChI=1S/C18H20F2N4O2S/c1-11(2)23-5-7-24(8-6-23)17(26)15-10-27-18(21-15)22-16(25)12-3-4-13(19)14(20)9-12/h3-4,9-11H,5-8H2,1-2H3,(H,21,22,25). The highest BCUT2D eigenvalue weighted by atomic mass is 32.1. The van der Waals surface area contributed by atoms with Crippen molar-refractivity contribution in [2.75, 3.05) is 31.5 Å². The summed E-state index contributed by atoms with van der Waals surface area (Å²) in [6.45, 7) is 7.14. The zero-order chi connectivity index (χ0) is 19.6. The zero-order valence-corrected chi connectivity index (χ0v) is 15.9. The van der Waals surface area contributed by atoms with E-state index in [0.29, 0.717) is 19.1 Å². The maximum atomic E-state index is 13.2. The molecule has 27 heavy (non-hydrogen) atoms. The highest BCUT2D eigenvalue weighted by molar-refractivity contribution is 7.14. The predicted molar refractivity (Wildman–Crippen MR) is 99.0 cm³/mol. The number of aromatic nitrogens is 1. The van der Waals surface area contributed by atoms with Gasteiger partial charge in [-0.3, -0.25) is 19.8 Å². The Morgan fingerprint density at radius 2 is 1.85 bits per heavy atom. The Bertz CT molecular complexity index is 848. The first-order valence-electron chi connectivity index (χ1n) is 8.60. The van der Waals surface area contributed by atoms with Crippen molar-refractivity contribution in [3.8, 4) is 0 Å². The Morgan fingerprint density at radius 1 is 1.15 bits per heavy atom. The van der Waals surface area contributed by atoms with Crippen LogP contribution in [0.3, 0.4) is 0 Å². The van der Waals surface area contributed by atoms with Crippen LogP contribution >= 0.6 is 11.3 Å². The van der Waals surface area contributed by atoms with E-state index in [2.05, 4.69) is 29.0 Å². The fraction of sp³-hybridized carbons (Fsp3) is 0.389. The molecule has 144 valence electrons. The molecule has 1 saturated heterocycles. The van der Waals surface area contributed by atoms with Gasteiger partial charge in [-0.25, -0.2) is 13.8 Å². The molecule has 0 radical (unpaired) electrons. The smallest absolute Gasteiger partial charge is 0.273 e. The molecule has 6 nitrogen and oxygen atoms in total. The van der Waals surface area contributed by atoms with Crippen LogP contribution in [0.4, 0.5) is 13.9 Å². The quantitative estimate of drug-likeness (QED) is 0.866. The number of nitrogens with one attached hydrogen (secondary N) is 1. The number of halogens is 2. The van der Waals surface area contributed by atoms with E-state index in [4.69, 9.17) is 0 Å². The van der Waals surface area contributed by atoms with E-state index in [1.807, 2.05) is 0 Å². The van der Waals surface area contributed by atoms with Gasteiger partial charge in [-0.2, -0.15) is 0 Å². The summed E-state index contributed by atoms with van der Waals surface area (Å²) in [4.78, 5) is 32.9. The highest BCUT2D eigenvalue weighted by Crippen LogP contribution is 2.19. The summed E-state index contributed by atoms with van der Waals surface area (Å²) in [6.07, 6.45) is 0. The molecule has 0 spiro atoms. The lowest BCUT2D eigenvalue weighted by molar-refractivity contribution is 0.0590. The molecule has 0 atom stereocenters. The maximum absolute atomic E-state index is 13.2. The molecule has 9 heteroatoms. The van der Waals surface area contributed by atoms with Gasteiger partial charge in [-0.15, -0.1) is 11.3 Å². The normalized spacial score (nSPS) is 15.2. The lowest BCUT2D eigenvalue weighted by Crippen LogP contribution is -2.50. The van der Waals surface area contributed by atoms with Crippen LogP contribution in [0.15, 0.2) is 23.6 Å². The fourth-order valence-corrected chi connectivity index (χ4v) is 3.52. The Morgan fingerprint density at radius 3 is 2.48 bits per heavy atom. The Kier molecular flexibility index (Phi) is 5.81.